The van der Waals surface area contributed by atoms with E-state index in [1.165, 1.54) is 22.0 Å². The van der Waals surface area contributed by atoms with Crippen molar-refractivity contribution in [1.29, 1.82) is 0 Å². The minimum Gasteiger partial charge on any atom is -0.484 e. The highest BCUT2D eigenvalue weighted by Gasteiger charge is 2.23. The van der Waals surface area contributed by atoms with Crippen LogP contribution in [0.5, 0.6) is 5.75 Å². The molecule has 1 saturated carbocycles. The number of hydrogen-bond acceptors (Lipinski definition) is 3. The van der Waals surface area contributed by atoms with Crippen LogP contribution in [0, 0.1) is 6.92 Å². The molecule has 1 aliphatic rings. The number of nitrogens with one attached hydrogen (secondary N) is 4. The van der Waals surface area contributed by atoms with Crippen molar-refractivity contribution < 1.29 is 9.53 Å². The second-order valence-corrected chi connectivity index (χ2v) is 8.24. The van der Waals surface area contributed by atoms with Gasteiger partial charge >= 0.3 is 0 Å². The number of rotatable bonds is 9. The van der Waals surface area contributed by atoms with Crippen LogP contribution in [0.2, 0.25) is 0 Å². The highest BCUT2D eigenvalue weighted by atomic mass is 127. The van der Waals surface area contributed by atoms with Crippen molar-refractivity contribution in [2.45, 2.75) is 38.8 Å². The first kappa shape index (κ1) is 24.9. The zero-order valence-corrected chi connectivity index (χ0v) is 21.4. The molecule has 8 heteroatoms. The van der Waals surface area contributed by atoms with Gasteiger partial charge in [-0.2, -0.15) is 0 Å². The van der Waals surface area contributed by atoms with Crippen LogP contribution in [0.25, 0.3) is 10.9 Å². The quantitative estimate of drug-likeness (QED) is 0.183. The lowest BCUT2D eigenvalue weighted by Gasteiger charge is -2.13. The van der Waals surface area contributed by atoms with Crippen molar-refractivity contribution in [2.24, 2.45) is 4.99 Å². The molecule has 0 radical (unpaired) electrons. The van der Waals surface area contributed by atoms with E-state index in [1.54, 1.807) is 7.05 Å². The molecular weight excluding hydrogens is 529 g/mol. The van der Waals surface area contributed by atoms with Crippen LogP contribution in [0.15, 0.2) is 53.7 Å². The van der Waals surface area contributed by atoms with Crippen molar-refractivity contribution in [3.8, 4) is 5.75 Å². The van der Waals surface area contributed by atoms with Crippen LogP contribution < -0.4 is 20.7 Å². The van der Waals surface area contributed by atoms with Gasteiger partial charge in [0.25, 0.3) is 5.91 Å². The molecule has 33 heavy (non-hydrogen) atoms. The average Bonchev–Trinajstić information content (AvgIpc) is 3.52. The number of guanidine groups is 1. The first-order valence-electron chi connectivity index (χ1n) is 11.1. The third-order valence-corrected chi connectivity index (χ3v) is 5.50. The Bertz CT molecular complexity index is 1110. The minimum absolute atomic E-state index is 0. The number of benzene rings is 2. The molecule has 4 N–H and O–H groups in total. The van der Waals surface area contributed by atoms with Gasteiger partial charge in [0.1, 0.15) is 5.75 Å². The normalized spacial score (nSPS) is 13.3. The largest absolute Gasteiger partial charge is 0.484 e. The Kier molecular flexibility index (Phi) is 8.99. The summed E-state index contributed by atoms with van der Waals surface area (Å²) >= 11 is 0. The Morgan fingerprint density at radius 1 is 1.18 bits per heavy atom. The number of nitrogens with zero attached hydrogens (tertiary/aromatic N) is 1. The van der Waals surface area contributed by atoms with E-state index in [-0.39, 0.29) is 36.5 Å². The predicted molar refractivity (Wildman–Crippen MR) is 143 cm³/mol. The van der Waals surface area contributed by atoms with E-state index in [1.807, 2.05) is 24.3 Å². The Labute approximate surface area is 211 Å². The molecule has 1 amide bonds. The molecule has 0 saturated heterocycles. The molecule has 0 atom stereocenters. The summed E-state index contributed by atoms with van der Waals surface area (Å²) in [6.45, 7) is 3.53. The summed E-state index contributed by atoms with van der Waals surface area (Å²) in [5.41, 5.74) is 4.78. The lowest BCUT2D eigenvalue weighted by molar-refractivity contribution is -0.123. The van der Waals surface area contributed by atoms with Crippen molar-refractivity contribution >= 4 is 46.7 Å². The van der Waals surface area contributed by atoms with Gasteiger partial charge in [-0.1, -0.05) is 24.3 Å². The molecule has 1 aromatic heterocycles. The molecule has 0 aliphatic heterocycles. The van der Waals surface area contributed by atoms with Gasteiger partial charge in [0.2, 0.25) is 0 Å². The van der Waals surface area contributed by atoms with Gasteiger partial charge in [0, 0.05) is 43.3 Å². The standard InChI is InChI=1S/C25H31N5O2.HI/c1-17-6-9-22-19(15-28-23(22)12-17)10-11-27-25(26-2)29-14-18-4-3-5-21(13-18)32-16-24(31)30-20-7-8-20;/h3-6,9,12-13,15,20,28H,7-8,10-11,14,16H2,1-2H3,(H,30,31)(H2,26,27,29);1H. The number of H-pyrrole nitrogens is 1. The van der Waals surface area contributed by atoms with Crippen LogP contribution in [-0.4, -0.2) is 43.1 Å². The highest BCUT2D eigenvalue weighted by molar-refractivity contribution is 14.0. The predicted octanol–water partition coefficient (Wildman–Crippen LogP) is 3.66. The fourth-order valence-corrected chi connectivity index (χ4v) is 3.62. The van der Waals surface area contributed by atoms with E-state index < -0.39 is 0 Å². The maximum absolute atomic E-state index is 11.8. The molecule has 0 unspecified atom stereocenters. The van der Waals surface area contributed by atoms with E-state index >= 15 is 0 Å². The number of aryl methyl sites for hydroxylation is 1. The van der Waals surface area contributed by atoms with Crippen molar-refractivity contribution in [1.82, 2.24) is 20.9 Å². The maximum atomic E-state index is 11.8. The topological polar surface area (TPSA) is 90.5 Å². The summed E-state index contributed by atoms with van der Waals surface area (Å²) in [7, 11) is 1.77. The Hall–Kier alpha value is -2.75. The van der Waals surface area contributed by atoms with E-state index in [4.69, 9.17) is 4.74 Å². The molecule has 176 valence electrons. The fraction of sp³-hybridized carbons (Fsp3) is 0.360. The molecule has 7 nitrogen and oxygen atoms in total. The number of carbonyl (C=O) groups excluding carboxylic acids is 1. The van der Waals surface area contributed by atoms with Gasteiger partial charge in [-0.25, -0.2) is 0 Å². The molecule has 2 aromatic carbocycles. The molecular formula is C25H32IN5O2. The minimum atomic E-state index is -0.0639. The Morgan fingerprint density at radius 2 is 2.03 bits per heavy atom. The molecule has 1 heterocycles. The number of aromatic nitrogens is 1. The van der Waals surface area contributed by atoms with Crippen molar-refractivity contribution in [3.63, 3.8) is 0 Å². The second kappa shape index (κ2) is 11.9. The van der Waals surface area contributed by atoms with Gasteiger partial charge in [-0.15, -0.1) is 24.0 Å². The number of aliphatic imine (C=N–C) groups is 1. The number of carbonyl (C=O) groups is 1. The number of aromatic amines is 1. The second-order valence-electron chi connectivity index (χ2n) is 8.24. The van der Waals surface area contributed by atoms with Crippen LogP contribution in [0.3, 0.4) is 0 Å². The smallest absolute Gasteiger partial charge is 0.258 e. The zero-order valence-electron chi connectivity index (χ0n) is 19.1. The zero-order chi connectivity index (χ0) is 22.3. The summed E-state index contributed by atoms with van der Waals surface area (Å²) < 4.78 is 5.63. The van der Waals surface area contributed by atoms with Crippen LogP contribution in [0.1, 0.15) is 29.5 Å². The molecule has 0 bridgehead atoms. The molecule has 1 aliphatic carbocycles. The number of fused-ring (bicyclic) bond motifs is 1. The van der Waals surface area contributed by atoms with E-state index in [0.717, 1.165) is 37.3 Å². The first-order valence-corrected chi connectivity index (χ1v) is 11.1. The summed E-state index contributed by atoms with van der Waals surface area (Å²) in [5.74, 6) is 1.37. The molecule has 1 fully saturated rings. The number of amides is 1. The van der Waals surface area contributed by atoms with Gasteiger partial charge in [-0.05, 0) is 61.1 Å². The van der Waals surface area contributed by atoms with Crippen LogP contribution >= 0.6 is 24.0 Å². The SMILES string of the molecule is CN=C(NCCc1c[nH]c2cc(C)ccc12)NCc1cccc(OCC(=O)NC2CC2)c1.I. The van der Waals surface area contributed by atoms with Gasteiger partial charge in [0.05, 0.1) is 0 Å². The van der Waals surface area contributed by atoms with E-state index in [0.29, 0.717) is 18.3 Å². The molecule has 0 spiro atoms. The summed E-state index contributed by atoms with van der Waals surface area (Å²) in [6, 6.07) is 14.6. The Morgan fingerprint density at radius 3 is 2.82 bits per heavy atom. The average molecular weight is 561 g/mol. The summed E-state index contributed by atoms with van der Waals surface area (Å²) in [6.07, 6.45) is 5.13. The monoisotopic (exact) mass is 561 g/mol. The lowest BCUT2D eigenvalue weighted by atomic mass is 10.1. The lowest BCUT2D eigenvalue weighted by Crippen LogP contribution is -2.37. The molecule has 3 aromatic rings. The van der Waals surface area contributed by atoms with Gasteiger partial charge in [-0.3, -0.25) is 9.79 Å². The van der Waals surface area contributed by atoms with Crippen LogP contribution in [0.4, 0.5) is 0 Å². The number of hydrogen-bond donors (Lipinski definition) is 4. The summed E-state index contributed by atoms with van der Waals surface area (Å²) in [4.78, 5) is 19.5. The number of ether oxygens (including phenoxy) is 1. The third-order valence-electron chi connectivity index (χ3n) is 5.50. The maximum Gasteiger partial charge on any atom is 0.258 e. The Balaban J connectivity index is 0.00000306. The third kappa shape index (κ3) is 7.38. The summed E-state index contributed by atoms with van der Waals surface area (Å²) in [5, 5.41) is 10.9. The highest BCUT2D eigenvalue weighted by Crippen LogP contribution is 2.20. The molecule has 4 rings (SSSR count). The van der Waals surface area contributed by atoms with Crippen molar-refractivity contribution in [2.75, 3.05) is 20.2 Å². The van der Waals surface area contributed by atoms with Gasteiger partial charge < -0.3 is 25.7 Å². The van der Waals surface area contributed by atoms with Crippen LogP contribution in [-0.2, 0) is 17.8 Å². The van der Waals surface area contributed by atoms with Gasteiger partial charge in [0.15, 0.2) is 12.6 Å². The first-order chi connectivity index (χ1) is 15.6. The number of halogens is 1. The fourth-order valence-electron chi connectivity index (χ4n) is 3.62. The van der Waals surface area contributed by atoms with Crippen molar-refractivity contribution in [3.05, 3.63) is 65.4 Å². The van der Waals surface area contributed by atoms with E-state index in [9.17, 15) is 4.79 Å². The van der Waals surface area contributed by atoms with E-state index in [2.05, 4.69) is 57.2 Å².